The Morgan fingerprint density at radius 2 is 1.86 bits per heavy atom. The number of rotatable bonds is 2. The van der Waals surface area contributed by atoms with Gasteiger partial charge in [0, 0.05) is 23.5 Å². The second-order valence-electron chi connectivity index (χ2n) is 5.87. The van der Waals surface area contributed by atoms with Gasteiger partial charge in [-0.3, -0.25) is 4.79 Å². The monoisotopic (exact) mass is 280 g/mol. The maximum absolute atomic E-state index is 12.7. The fraction of sp³-hybridized carbons (Fsp3) is 0.278. The van der Waals surface area contributed by atoms with Crippen LogP contribution in [0.5, 0.6) is 0 Å². The molecule has 0 fully saturated rings. The summed E-state index contributed by atoms with van der Waals surface area (Å²) in [6.07, 6.45) is 0.894. The van der Waals surface area contributed by atoms with Crippen molar-refractivity contribution in [2.45, 2.75) is 26.2 Å². The molecule has 2 N–H and O–H groups in total. The second-order valence-corrected chi connectivity index (χ2v) is 5.87. The highest BCUT2D eigenvalue weighted by molar-refractivity contribution is 6.07. The lowest BCUT2D eigenvalue weighted by Gasteiger charge is -2.18. The molecule has 0 saturated heterocycles. The molecule has 21 heavy (non-hydrogen) atoms. The molecule has 1 aliphatic rings. The van der Waals surface area contributed by atoms with Crippen molar-refractivity contribution in [1.29, 1.82) is 0 Å². The topological polar surface area (TPSA) is 46.3 Å². The summed E-state index contributed by atoms with van der Waals surface area (Å²) in [6.45, 7) is 5.02. The molecule has 0 radical (unpaired) electrons. The maximum atomic E-state index is 12.7. The Labute approximate surface area is 125 Å². The number of nitrogens with two attached hydrogens (primary N) is 1. The number of nitrogens with zero attached hydrogens (tertiary/aromatic N) is 1. The van der Waals surface area contributed by atoms with Crippen LogP contribution in [0.4, 0.5) is 11.4 Å². The van der Waals surface area contributed by atoms with E-state index in [2.05, 4.69) is 13.8 Å². The molecule has 0 unspecified atom stereocenters. The minimum Gasteiger partial charge on any atom is -0.399 e. The SMILES string of the molecule is CC(C)c1ccc(C(=O)N2CCc3ccc(N)cc32)cc1. The zero-order chi connectivity index (χ0) is 15.0. The van der Waals surface area contributed by atoms with Gasteiger partial charge in [0.15, 0.2) is 0 Å². The van der Waals surface area contributed by atoms with E-state index in [4.69, 9.17) is 5.73 Å². The first kappa shape index (κ1) is 13.7. The minimum atomic E-state index is 0.0506. The standard InChI is InChI=1S/C18H20N2O/c1-12(2)13-3-5-15(6-4-13)18(21)20-10-9-14-7-8-16(19)11-17(14)20/h3-8,11-12H,9-10,19H2,1-2H3. The van der Waals surface area contributed by atoms with Gasteiger partial charge in [0.05, 0.1) is 0 Å². The van der Waals surface area contributed by atoms with Gasteiger partial charge in [0.2, 0.25) is 0 Å². The normalized spacial score (nSPS) is 13.6. The number of carbonyl (C=O) groups excluding carboxylic acids is 1. The van der Waals surface area contributed by atoms with Crippen molar-refractivity contribution in [3.63, 3.8) is 0 Å². The predicted molar refractivity (Wildman–Crippen MR) is 86.8 cm³/mol. The molecule has 1 heterocycles. The third-order valence-electron chi connectivity index (χ3n) is 4.07. The van der Waals surface area contributed by atoms with Crippen LogP contribution in [0.2, 0.25) is 0 Å². The van der Waals surface area contributed by atoms with E-state index in [0.29, 0.717) is 11.6 Å². The molecular weight excluding hydrogens is 260 g/mol. The molecule has 3 heteroatoms. The van der Waals surface area contributed by atoms with E-state index in [0.717, 1.165) is 24.2 Å². The molecule has 0 bridgehead atoms. The highest BCUT2D eigenvalue weighted by Crippen LogP contribution is 2.31. The largest absolute Gasteiger partial charge is 0.399 e. The maximum Gasteiger partial charge on any atom is 0.258 e. The average molecular weight is 280 g/mol. The molecule has 108 valence electrons. The predicted octanol–water partition coefficient (Wildman–Crippen LogP) is 3.60. The Kier molecular flexibility index (Phi) is 3.42. The highest BCUT2D eigenvalue weighted by Gasteiger charge is 2.25. The van der Waals surface area contributed by atoms with Crippen molar-refractivity contribution < 1.29 is 4.79 Å². The van der Waals surface area contributed by atoms with Crippen LogP contribution in [0, 0.1) is 0 Å². The molecule has 0 saturated carbocycles. The highest BCUT2D eigenvalue weighted by atomic mass is 16.2. The third kappa shape index (κ3) is 2.51. The van der Waals surface area contributed by atoms with Crippen LogP contribution < -0.4 is 10.6 Å². The molecule has 2 aromatic carbocycles. The lowest BCUT2D eigenvalue weighted by atomic mass is 10.0. The smallest absolute Gasteiger partial charge is 0.258 e. The average Bonchev–Trinajstić information content (AvgIpc) is 2.89. The van der Waals surface area contributed by atoms with Crippen molar-refractivity contribution in [3.8, 4) is 0 Å². The molecule has 3 nitrogen and oxygen atoms in total. The zero-order valence-electron chi connectivity index (χ0n) is 12.5. The molecule has 0 atom stereocenters. The van der Waals surface area contributed by atoms with Crippen molar-refractivity contribution in [1.82, 2.24) is 0 Å². The van der Waals surface area contributed by atoms with E-state index in [-0.39, 0.29) is 5.91 Å². The molecule has 3 rings (SSSR count). The Balaban J connectivity index is 1.89. The Hall–Kier alpha value is -2.29. The van der Waals surface area contributed by atoms with Crippen LogP contribution in [0.25, 0.3) is 0 Å². The molecule has 2 aromatic rings. The first-order valence-corrected chi connectivity index (χ1v) is 7.36. The number of fused-ring (bicyclic) bond motifs is 1. The fourth-order valence-corrected chi connectivity index (χ4v) is 2.77. The van der Waals surface area contributed by atoms with Gasteiger partial charge in [0.1, 0.15) is 0 Å². The summed E-state index contributed by atoms with van der Waals surface area (Å²) in [5.41, 5.74) is 10.7. The van der Waals surface area contributed by atoms with E-state index in [1.807, 2.05) is 47.4 Å². The van der Waals surface area contributed by atoms with Crippen LogP contribution in [0.1, 0.15) is 41.3 Å². The summed E-state index contributed by atoms with van der Waals surface area (Å²) in [5.74, 6) is 0.524. The van der Waals surface area contributed by atoms with Gasteiger partial charge in [-0.15, -0.1) is 0 Å². The summed E-state index contributed by atoms with van der Waals surface area (Å²) in [7, 11) is 0. The lowest BCUT2D eigenvalue weighted by Crippen LogP contribution is -2.28. The van der Waals surface area contributed by atoms with Gasteiger partial charge >= 0.3 is 0 Å². The van der Waals surface area contributed by atoms with Crippen LogP contribution in [0.15, 0.2) is 42.5 Å². The van der Waals surface area contributed by atoms with E-state index >= 15 is 0 Å². The third-order valence-corrected chi connectivity index (χ3v) is 4.07. The molecule has 1 aliphatic heterocycles. The van der Waals surface area contributed by atoms with Gasteiger partial charge < -0.3 is 10.6 Å². The second kappa shape index (κ2) is 5.24. The van der Waals surface area contributed by atoms with Crippen molar-refractivity contribution in [3.05, 3.63) is 59.2 Å². The van der Waals surface area contributed by atoms with E-state index in [1.165, 1.54) is 11.1 Å². The summed E-state index contributed by atoms with van der Waals surface area (Å²) in [6, 6.07) is 13.7. The number of nitrogen functional groups attached to an aromatic ring is 1. The van der Waals surface area contributed by atoms with Crippen LogP contribution in [0.3, 0.4) is 0 Å². The number of benzene rings is 2. The molecule has 0 spiro atoms. The number of amides is 1. The van der Waals surface area contributed by atoms with E-state index < -0.39 is 0 Å². The summed E-state index contributed by atoms with van der Waals surface area (Å²) >= 11 is 0. The van der Waals surface area contributed by atoms with Crippen molar-refractivity contribution in [2.75, 3.05) is 17.2 Å². The summed E-state index contributed by atoms with van der Waals surface area (Å²) in [4.78, 5) is 14.5. The molecule has 0 aliphatic carbocycles. The van der Waals surface area contributed by atoms with Gasteiger partial charge in [0.25, 0.3) is 5.91 Å². The first-order valence-electron chi connectivity index (χ1n) is 7.36. The number of anilines is 2. The molecule has 0 aromatic heterocycles. The summed E-state index contributed by atoms with van der Waals surface area (Å²) in [5, 5.41) is 0. The fourth-order valence-electron chi connectivity index (χ4n) is 2.77. The number of hydrogen-bond donors (Lipinski definition) is 1. The van der Waals surface area contributed by atoms with E-state index in [9.17, 15) is 4.79 Å². The first-order chi connectivity index (χ1) is 10.1. The van der Waals surface area contributed by atoms with Crippen LogP contribution >= 0.6 is 0 Å². The zero-order valence-corrected chi connectivity index (χ0v) is 12.5. The molecular formula is C18H20N2O. The number of carbonyl (C=O) groups is 1. The Morgan fingerprint density at radius 3 is 2.52 bits per heavy atom. The summed E-state index contributed by atoms with van der Waals surface area (Å²) < 4.78 is 0. The molecule has 1 amide bonds. The van der Waals surface area contributed by atoms with E-state index in [1.54, 1.807) is 0 Å². The Morgan fingerprint density at radius 1 is 1.14 bits per heavy atom. The Bertz CT molecular complexity index is 674. The minimum absolute atomic E-state index is 0.0506. The van der Waals surface area contributed by atoms with Gasteiger partial charge in [-0.25, -0.2) is 0 Å². The van der Waals surface area contributed by atoms with Crippen LogP contribution in [-0.2, 0) is 6.42 Å². The van der Waals surface area contributed by atoms with Crippen molar-refractivity contribution in [2.24, 2.45) is 0 Å². The lowest BCUT2D eigenvalue weighted by molar-refractivity contribution is 0.0989. The van der Waals surface area contributed by atoms with Gasteiger partial charge in [-0.1, -0.05) is 32.0 Å². The van der Waals surface area contributed by atoms with Crippen LogP contribution in [-0.4, -0.2) is 12.5 Å². The quantitative estimate of drug-likeness (QED) is 0.854. The van der Waals surface area contributed by atoms with Gasteiger partial charge in [-0.2, -0.15) is 0 Å². The number of hydrogen-bond acceptors (Lipinski definition) is 2. The van der Waals surface area contributed by atoms with Crippen molar-refractivity contribution >= 4 is 17.3 Å². The van der Waals surface area contributed by atoms with Gasteiger partial charge in [-0.05, 0) is 47.7 Å².